The van der Waals surface area contributed by atoms with Crippen molar-refractivity contribution in [1.82, 2.24) is 5.32 Å². The van der Waals surface area contributed by atoms with Crippen molar-refractivity contribution >= 4 is 29.3 Å². The van der Waals surface area contributed by atoms with E-state index in [2.05, 4.69) is 5.32 Å². The summed E-state index contributed by atoms with van der Waals surface area (Å²) < 4.78 is 4.95. The zero-order chi connectivity index (χ0) is 16.5. The zero-order valence-corrected chi connectivity index (χ0v) is 13.3. The topological polar surface area (TPSA) is 81.4 Å². The number of thioether (sulfide) groups is 1. The van der Waals surface area contributed by atoms with Gasteiger partial charge in [-0.15, -0.1) is 11.8 Å². The van der Waals surface area contributed by atoms with Crippen LogP contribution in [0.5, 0.6) is 0 Å². The van der Waals surface area contributed by atoms with E-state index in [1.807, 2.05) is 30.3 Å². The molecule has 2 aromatic rings. The van der Waals surface area contributed by atoms with Crippen LogP contribution in [0.25, 0.3) is 0 Å². The van der Waals surface area contributed by atoms with Gasteiger partial charge in [0.1, 0.15) is 0 Å². The summed E-state index contributed by atoms with van der Waals surface area (Å²) in [4.78, 5) is 24.5. The lowest BCUT2D eigenvalue weighted by atomic mass is 10.2. The van der Waals surface area contributed by atoms with Crippen molar-refractivity contribution in [1.29, 1.82) is 0 Å². The Morgan fingerprint density at radius 2 is 1.74 bits per heavy atom. The van der Waals surface area contributed by atoms with Crippen LogP contribution in [-0.4, -0.2) is 30.8 Å². The number of nitrogens with one attached hydrogen (secondary N) is 1. The van der Waals surface area contributed by atoms with Crippen molar-refractivity contribution in [2.45, 2.75) is 4.90 Å². The molecule has 3 N–H and O–H groups in total. The number of hydrogen-bond donors (Lipinski definition) is 2. The highest BCUT2D eigenvalue weighted by Crippen LogP contribution is 2.15. The largest absolute Gasteiger partial charge is 0.452 e. The van der Waals surface area contributed by atoms with Gasteiger partial charge in [0.25, 0.3) is 5.91 Å². The predicted octanol–water partition coefficient (Wildman–Crippen LogP) is 2.33. The molecule has 0 spiro atoms. The number of ether oxygens (including phenoxy) is 1. The Hall–Kier alpha value is -2.47. The minimum absolute atomic E-state index is 0.292. The number of esters is 1. The summed E-state index contributed by atoms with van der Waals surface area (Å²) in [7, 11) is 0. The highest BCUT2D eigenvalue weighted by Gasteiger charge is 2.09. The SMILES string of the molecule is Nc1ccc(C(=O)OCC(=O)NCCSc2ccccc2)cc1. The van der Waals surface area contributed by atoms with Gasteiger partial charge in [0.15, 0.2) is 6.61 Å². The highest BCUT2D eigenvalue weighted by molar-refractivity contribution is 7.99. The molecule has 6 heteroatoms. The summed E-state index contributed by atoms with van der Waals surface area (Å²) in [6.07, 6.45) is 0. The standard InChI is InChI=1S/C17H18N2O3S/c18-14-8-6-13(7-9-14)17(21)22-12-16(20)19-10-11-23-15-4-2-1-3-5-15/h1-9H,10-12,18H2,(H,19,20). The fourth-order valence-electron chi connectivity index (χ4n) is 1.76. The minimum atomic E-state index is -0.543. The monoisotopic (exact) mass is 330 g/mol. The number of carbonyl (C=O) groups is 2. The van der Waals surface area contributed by atoms with Crippen LogP contribution in [0.3, 0.4) is 0 Å². The van der Waals surface area contributed by atoms with E-state index in [0.717, 1.165) is 10.6 Å². The van der Waals surface area contributed by atoms with E-state index < -0.39 is 5.97 Å². The van der Waals surface area contributed by atoms with Gasteiger partial charge in [-0.1, -0.05) is 18.2 Å². The Bertz CT molecular complexity index is 645. The van der Waals surface area contributed by atoms with E-state index in [0.29, 0.717) is 17.8 Å². The number of nitrogen functional groups attached to an aromatic ring is 1. The van der Waals surface area contributed by atoms with Crippen LogP contribution >= 0.6 is 11.8 Å². The molecule has 23 heavy (non-hydrogen) atoms. The van der Waals surface area contributed by atoms with Gasteiger partial charge >= 0.3 is 5.97 Å². The molecule has 0 heterocycles. The van der Waals surface area contributed by atoms with E-state index in [1.54, 1.807) is 36.0 Å². The normalized spacial score (nSPS) is 10.1. The van der Waals surface area contributed by atoms with Crippen LogP contribution in [0.2, 0.25) is 0 Å². The second-order valence-corrected chi connectivity index (χ2v) is 5.88. The summed E-state index contributed by atoms with van der Waals surface area (Å²) in [6, 6.07) is 16.3. The average Bonchev–Trinajstić information content (AvgIpc) is 2.58. The van der Waals surface area contributed by atoms with Crippen LogP contribution in [0.4, 0.5) is 5.69 Å². The molecule has 0 aromatic heterocycles. The number of carbonyl (C=O) groups excluding carboxylic acids is 2. The van der Waals surface area contributed by atoms with Crippen molar-refractivity contribution in [3.8, 4) is 0 Å². The first-order valence-corrected chi connectivity index (χ1v) is 8.11. The molecule has 0 fully saturated rings. The molecule has 0 aliphatic rings. The molecule has 5 nitrogen and oxygen atoms in total. The minimum Gasteiger partial charge on any atom is -0.452 e. The number of amides is 1. The lowest BCUT2D eigenvalue weighted by Crippen LogP contribution is -2.30. The highest BCUT2D eigenvalue weighted by atomic mass is 32.2. The molecule has 2 rings (SSSR count). The first-order chi connectivity index (χ1) is 11.1. The summed E-state index contributed by atoms with van der Waals surface area (Å²) in [5, 5.41) is 2.71. The quantitative estimate of drug-likeness (QED) is 0.352. The Balaban J connectivity index is 1.63. The van der Waals surface area contributed by atoms with Gasteiger partial charge in [0, 0.05) is 22.9 Å². The van der Waals surface area contributed by atoms with Crippen molar-refractivity contribution in [2.24, 2.45) is 0 Å². The van der Waals surface area contributed by atoms with Crippen molar-refractivity contribution in [2.75, 3.05) is 24.6 Å². The van der Waals surface area contributed by atoms with Gasteiger partial charge < -0.3 is 15.8 Å². The maximum atomic E-state index is 11.7. The maximum Gasteiger partial charge on any atom is 0.338 e. The smallest absolute Gasteiger partial charge is 0.338 e. The molecule has 0 aliphatic carbocycles. The lowest BCUT2D eigenvalue weighted by Gasteiger charge is -2.07. The number of benzene rings is 2. The number of hydrogen-bond acceptors (Lipinski definition) is 5. The van der Waals surface area contributed by atoms with E-state index in [9.17, 15) is 9.59 Å². The lowest BCUT2D eigenvalue weighted by molar-refractivity contribution is -0.124. The molecule has 120 valence electrons. The third kappa shape index (κ3) is 6.04. The molecule has 2 aromatic carbocycles. The fourth-order valence-corrected chi connectivity index (χ4v) is 2.55. The molecule has 0 radical (unpaired) electrons. The predicted molar refractivity (Wildman–Crippen MR) is 91.3 cm³/mol. The maximum absolute atomic E-state index is 11.7. The Kier molecular flexibility index (Phi) is 6.50. The van der Waals surface area contributed by atoms with Crippen molar-refractivity contribution in [3.05, 3.63) is 60.2 Å². The van der Waals surface area contributed by atoms with Crippen LogP contribution in [0, 0.1) is 0 Å². The second kappa shape index (κ2) is 8.85. The van der Waals surface area contributed by atoms with Crippen LogP contribution in [0.15, 0.2) is 59.5 Å². The first kappa shape index (κ1) is 16.9. The molecule has 0 saturated carbocycles. The van der Waals surface area contributed by atoms with Gasteiger partial charge in [-0.3, -0.25) is 4.79 Å². The summed E-state index contributed by atoms with van der Waals surface area (Å²) in [5.41, 5.74) is 6.47. The Morgan fingerprint density at radius 3 is 2.43 bits per heavy atom. The third-order valence-corrected chi connectivity index (χ3v) is 3.93. The molecule has 0 aliphatic heterocycles. The van der Waals surface area contributed by atoms with E-state index in [-0.39, 0.29) is 12.5 Å². The van der Waals surface area contributed by atoms with Crippen molar-refractivity contribution in [3.63, 3.8) is 0 Å². The number of nitrogens with two attached hydrogens (primary N) is 1. The van der Waals surface area contributed by atoms with Gasteiger partial charge in [0.05, 0.1) is 5.56 Å². The van der Waals surface area contributed by atoms with E-state index in [4.69, 9.17) is 10.5 Å². The molecular formula is C17H18N2O3S. The van der Waals surface area contributed by atoms with Gasteiger partial charge in [-0.25, -0.2) is 4.79 Å². The molecule has 0 bridgehead atoms. The van der Waals surface area contributed by atoms with Gasteiger partial charge in [-0.05, 0) is 36.4 Å². The van der Waals surface area contributed by atoms with Gasteiger partial charge in [0.2, 0.25) is 0 Å². The van der Waals surface area contributed by atoms with Crippen LogP contribution in [-0.2, 0) is 9.53 Å². The number of rotatable bonds is 7. The van der Waals surface area contributed by atoms with E-state index in [1.165, 1.54) is 0 Å². The third-order valence-electron chi connectivity index (χ3n) is 2.92. The molecular weight excluding hydrogens is 312 g/mol. The zero-order valence-electron chi connectivity index (χ0n) is 12.5. The number of anilines is 1. The fraction of sp³-hybridized carbons (Fsp3) is 0.176. The van der Waals surface area contributed by atoms with E-state index >= 15 is 0 Å². The Labute approximate surface area is 139 Å². The first-order valence-electron chi connectivity index (χ1n) is 7.12. The Morgan fingerprint density at radius 1 is 1.04 bits per heavy atom. The molecule has 0 atom stereocenters. The van der Waals surface area contributed by atoms with Crippen molar-refractivity contribution < 1.29 is 14.3 Å². The summed E-state index contributed by atoms with van der Waals surface area (Å²) >= 11 is 1.65. The average molecular weight is 330 g/mol. The molecule has 0 saturated heterocycles. The van der Waals surface area contributed by atoms with Gasteiger partial charge in [-0.2, -0.15) is 0 Å². The molecule has 0 unspecified atom stereocenters. The molecule has 1 amide bonds. The second-order valence-electron chi connectivity index (χ2n) is 4.71. The van der Waals surface area contributed by atoms with Crippen LogP contribution < -0.4 is 11.1 Å². The summed E-state index contributed by atoms with van der Waals surface area (Å²) in [5.74, 6) is -0.108. The van der Waals surface area contributed by atoms with Crippen LogP contribution in [0.1, 0.15) is 10.4 Å². The summed E-state index contributed by atoms with van der Waals surface area (Å²) in [6.45, 7) is 0.219.